The summed E-state index contributed by atoms with van der Waals surface area (Å²) in [6.07, 6.45) is 5.34. The number of methoxy groups -OCH3 is 3. The third-order valence-corrected chi connectivity index (χ3v) is 4.52. The van der Waals surface area contributed by atoms with Crippen molar-refractivity contribution in [2.45, 2.75) is 13.1 Å². The van der Waals surface area contributed by atoms with E-state index in [2.05, 4.69) is 21.7 Å². The summed E-state index contributed by atoms with van der Waals surface area (Å²) >= 11 is 0. The van der Waals surface area contributed by atoms with E-state index < -0.39 is 6.03 Å². The van der Waals surface area contributed by atoms with Gasteiger partial charge in [-0.25, -0.2) is 9.48 Å². The van der Waals surface area contributed by atoms with Crippen LogP contribution in [0.15, 0.2) is 41.2 Å². The number of benzene rings is 2. The number of rotatable bonds is 7. The monoisotopic (exact) mass is 422 g/mol. The molecule has 2 aromatic carbocycles. The van der Waals surface area contributed by atoms with E-state index in [0.29, 0.717) is 39.4 Å². The van der Waals surface area contributed by atoms with Crippen LogP contribution in [0.3, 0.4) is 0 Å². The van der Waals surface area contributed by atoms with Gasteiger partial charge in [0.25, 0.3) is 5.56 Å². The van der Waals surface area contributed by atoms with Gasteiger partial charge >= 0.3 is 6.03 Å². The molecule has 0 saturated carbocycles. The number of aromatic nitrogens is 2. The summed E-state index contributed by atoms with van der Waals surface area (Å²) in [4.78, 5) is 25.0. The highest BCUT2D eigenvalue weighted by Crippen LogP contribution is 2.39. The minimum absolute atomic E-state index is 0.0360. The Balaban J connectivity index is 1.82. The molecule has 2 N–H and O–H groups in total. The van der Waals surface area contributed by atoms with Crippen molar-refractivity contribution in [2.24, 2.45) is 0 Å². The molecule has 9 heteroatoms. The molecule has 1 heterocycles. The fraction of sp³-hybridized carbons (Fsp3) is 0.227. The van der Waals surface area contributed by atoms with Crippen LogP contribution in [-0.2, 0) is 13.1 Å². The lowest BCUT2D eigenvalue weighted by molar-refractivity contribution is 0.251. The van der Waals surface area contributed by atoms with Crippen molar-refractivity contribution in [3.8, 4) is 29.6 Å². The van der Waals surface area contributed by atoms with Crippen LogP contribution in [0, 0.1) is 12.3 Å². The van der Waals surface area contributed by atoms with Gasteiger partial charge in [-0.2, -0.15) is 5.10 Å². The van der Waals surface area contributed by atoms with Gasteiger partial charge in [0.15, 0.2) is 11.5 Å². The molecule has 0 radical (unpaired) electrons. The van der Waals surface area contributed by atoms with Gasteiger partial charge in [-0.15, -0.1) is 6.42 Å². The predicted molar refractivity (Wildman–Crippen MR) is 117 cm³/mol. The van der Waals surface area contributed by atoms with Crippen LogP contribution < -0.4 is 30.4 Å². The Kier molecular flexibility index (Phi) is 6.62. The number of carbonyl (C=O) groups excluding carboxylic acids is 1. The normalized spacial score (nSPS) is 10.3. The van der Waals surface area contributed by atoms with Crippen molar-refractivity contribution >= 4 is 22.5 Å². The Morgan fingerprint density at radius 3 is 2.32 bits per heavy atom. The number of terminal acetylenes is 1. The van der Waals surface area contributed by atoms with Gasteiger partial charge in [0.1, 0.15) is 6.54 Å². The zero-order chi connectivity index (χ0) is 22.4. The maximum atomic E-state index is 12.5. The summed E-state index contributed by atoms with van der Waals surface area (Å²) in [5.74, 6) is 3.65. The van der Waals surface area contributed by atoms with Crippen molar-refractivity contribution in [3.05, 3.63) is 52.4 Å². The van der Waals surface area contributed by atoms with Gasteiger partial charge in [0, 0.05) is 17.5 Å². The largest absolute Gasteiger partial charge is 0.493 e. The molecule has 0 unspecified atom stereocenters. The molecule has 0 bridgehead atoms. The number of ether oxygens (including phenoxy) is 3. The number of nitrogens with one attached hydrogen (secondary N) is 2. The van der Waals surface area contributed by atoms with Crippen LogP contribution in [0.2, 0.25) is 0 Å². The average Bonchev–Trinajstić information content (AvgIpc) is 2.79. The fourth-order valence-corrected chi connectivity index (χ4v) is 3.12. The molecule has 0 atom stereocenters. The molecule has 1 aromatic heterocycles. The number of nitrogens with zero attached hydrogens (tertiary/aromatic N) is 2. The van der Waals surface area contributed by atoms with E-state index in [1.54, 1.807) is 36.4 Å². The molecular formula is C22H22N4O5. The highest BCUT2D eigenvalue weighted by atomic mass is 16.5. The van der Waals surface area contributed by atoms with Crippen molar-refractivity contribution < 1.29 is 19.0 Å². The van der Waals surface area contributed by atoms with Crippen LogP contribution in [-0.4, -0.2) is 37.1 Å². The van der Waals surface area contributed by atoms with Gasteiger partial charge in [0.05, 0.1) is 44.6 Å². The molecule has 0 aliphatic rings. The molecule has 0 spiro atoms. The van der Waals surface area contributed by atoms with Gasteiger partial charge in [-0.3, -0.25) is 4.79 Å². The van der Waals surface area contributed by atoms with Crippen molar-refractivity contribution in [2.75, 3.05) is 26.6 Å². The SMILES string of the molecule is C#CCn1nc(CNC(=O)Nc2cc(OC)c(OC)c(OC)c2)c2ccccc2c1=O. The molecule has 0 aliphatic heterocycles. The van der Waals surface area contributed by atoms with Crippen LogP contribution in [0.1, 0.15) is 5.69 Å². The first-order valence-corrected chi connectivity index (χ1v) is 9.29. The van der Waals surface area contributed by atoms with E-state index in [1.807, 2.05) is 0 Å². The standard InChI is InChI=1S/C22H22N4O5/c1-5-10-26-21(27)16-9-7-6-8-15(16)17(25-26)13-23-22(28)24-14-11-18(29-2)20(31-4)19(12-14)30-3/h1,6-9,11-12H,10,13H2,2-4H3,(H2,23,24,28). The average molecular weight is 422 g/mol. The minimum atomic E-state index is -0.477. The van der Waals surface area contributed by atoms with Crippen molar-refractivity contribution in [1.29, 1.82) is 0 Å². The Hall–Kier alpha value is -4.19. The summed E-state index contributed by atoms with van der Waals surface area (Å²) in [6.45, 7) is 0.121. The first-order chi connectivity index (χ1) is 15.0. The third-order valence-electron chi connectivity index (χ3n) is 4.52. The number of hydrogen-bond donors (Lipinski definition) is 2. The van der Waals surface area contributed by atoms with Crippen LogP contribution in [0.25, 0.3) is 10.8 Å². The van der Waals surface area contributed by atoms with Crippen molar-refractivity contribution in [1.82, 2.24) is 15.1 Å². The molecule has 0 aliphatic carbocycles. The highest BCUT2D eigenvalue weighted by Gasteiger charge is 2.15. The zero-order valence-electron chi connectivity index (χ0n) is 17.4. The fourth-order valence-electron chi connectivity index (χ4n) is 3.12. The summed E-state index contributed by atoms with van der Waals surface area (Å²) in [5, 5.41) is 10.9. The number of fused-ring (bicyclic) bond motifs is 1. The molecule has 9 nitrogen and oxygen atoms in total. The van der Waals surface area contributed by atoms with Crippen LogP contribution in [0.5, 0.6) is 17.2 Å². The highest BCUT2D eigenvalue weighted by molar-refractivity contribution is 5.90. The number of amides is 2. The molecule has 3 aromatic rings. The molecule has 31 heavy (non-hydrogen) atoms. The molecule has 3 rings (SSSR count). The Labute approximate surface area is 178 Å². The molecule has 2 amide bonds. The van der Waals surface area contributed by atoms with E-state index in [4.69, 9.17) is 20.6 Å². The lowest BCUT2D eigenvalue weighted by atomic mass is 10.1. The lowest BCUT2D eigenvalue weighted by Gasteiger charge is -2.15. The second kappa shape index (κ2) is 9.54. The van der Waals surface area contributed by atoms with E-state index in [-0.39, 0.29) is 18.6 Å². The summed E-state index contributed by atoms with van der Waals surface area (Å²) in [7, 11) is 4.48. The molecule has 0 fully saturated rings. The van der Waals surface area contributed by atoms with Gasteiger partial charge in [-0.05, 0) is 6.07 Å². The Bertz CT molecular complexity index is 1190. The number of urea groups is 1. The van der Waals surface area contributed by atoms with E-state index in [0.717, 1.165) is 0 Å². The van der Waals surface area contributed by atoms with Crippen LogP contribution >= 0.6 is 0 Å². The first-order valence-electron chi connectivity index (χ1n) is 9.29. The number of anilines is 1. The van der Waals surface area contributed by atoms with E-state index in [9.17, 15) is 9.59 Å². The van der Waals surface area contributed by atoms with Crippen LogP contribution in [0.4, 0.5) is 10.5 Å². The quantitative estimate of drug-likeness (QED) is 0.567. The minimum Gasteiger partial charge on any atom is -0.493 e. The molecular weight excluding hydrogens is 400 g/mol. The van der Waals surface area contributed by atoms with Crippen molar-refractivity contribution in [3.63, 3.8) is 0 Å². The first kappa shape index (κ1) is 21.5. The zero-order valence-corrected chi connectivity index (χ0v) is 17.4. The smallest absolute Gasteiger partial charge is 0.319 e. The third kappa shape index (κ3) is 4.53. The number of hydrogen-bond acceptors (Lipinski definition) is 6. The van der Waals surface area contributed by atoms with E-state index >= 15 is 0 Å². The second-order valence-corrected chi connectivity index (χ2v) is 6.38. The maximum absolute atomic E-state index is 12.5. The summed E-state index contributed by atoms with van der Waals surface area (Å²) < 4.78 is 17.1. The number of carbonyl (C=O) groups is 1. The lowest BCUT2D eigenvalue weighted by Crippen LogP contribution is -2.31. The molecule has 160 valence electrons. The topological polar surface area (TPSA) is 104 Å². The summed E-state index contributed by atoms with van der Waals surface area (Å²) in [5.41, 5.74) is 0.687. The van der Waals surface area contributed by atoms with E-state index in [1.165, 1.54) is 26.0 Å². The predicted octanol–water partition coefficient (Wildman–Crippen LogP) is 2.38. The second-order valence-electron chi connectivity index (χ2n) is 6.38. The van der Waals surface area contributed by atoms with Gasteiger partial charge in [0.2, 0.25) is 5.75 Å². The molecule has 0 saturated heterocycles. The van der Waals surface area contributed by atoms with Gasteiger partial charge in [-0.1, -0.05) is 24.1 Å². The summed E-state index contributed by atoms with van der Waals surface area (Å²) in [6, 6.07) is 9.79. The van der Waals surface area contributed by atoms with Gasteiger partial charge < -0.3 is 24.8 Å². The maximum Gasteiger partial charge on any atom is 0.319 e. The Morgan fingerprint density at radius 1 is 1.10 bits per heavy atom. The Morgan fingerprint density at radius 2 is 1.74 bits per heavy atom.